The molecule has 0 aliphatic heterocycles. The number of hydrogen-bond acceptors (Lipinski definition) is 4. The molecule has 0 saturated carbocycles. The third-order valence-corrected chi connectivity index (χ3v) is 2.30. The Morgan fingerprint density at radius 2 is 1.88 bits per heavy atom. The number of rotatable bonds is 1. The minimum atomic E-state index is 0.564. The topological polar surface area (TPSA) is 56.5 Å². The summed E-state index contributed by atoms with van der Waals surface area (Å²) in [6.45, 7) is 1.95. The normalized spacial score (nSPS) is 10.8. The maximum absolute atomic E-state index is 4.23. The Morgan fingerprint density at radius 3 is 2.69 bits per heavy atom. The van der Waals surface area contributed by atoms with Gasteiger partial charge < -0.3 is 0 Å². The molecule has 0 N–H and O–H groups in total. The molecule has 0 saturated heterocycles. The van der Waals surface area contributed by atoms with E-state index in [4.69, 9.17) is 0 Å². The summed E-state index contributed by atoms with van der Waals surface area (Å²) in [7, 11) is 0. The smallest absolute Gasteiger partial charge is 0.251 e. The molecule has 0 radical (unpaired) electrons. The van der Waals surface area contributed by atoms with Crippen molar-refractivity contribution in [1.82, 2.24) is 24.7 Å². The second-order valence-corrected chi connectivity index (χ2v) is 3.52. The molecule has 5 heteroatoms. The van der Waals surface area contributed by atoms with Crippen LogP contribution in [-0.4, -0.2) is 24.7 Å². The number of aryl methyl sites for hydroxylation is 1. The average Bonchev–Trinajstić information content (AvgIpc) is 2.74. The van der Waals surface area contributed by atoms with Gasteiger partial charge in [-0.25, -0.2) is 9.97 Å². The molecular formula is C11H9N5. The number of fused-ring (bicyclic) bond motifs is 1. The first-order valence-electron chi connectivity index (χ1n) is 4.92. The molecule has 0 fully saturated rings. The third kappa shape index (κ3) is 1.33. The molecule has 0 aromatic carbocycles. The van der Waals surface area contributed by atoms with Crippen LogP contribution in [0.5, 0.6) is 0 Å². The molecular weight excluding hydrogens is 202 g/mol. The van der Waals surface area contributed by atoms with Crippen molar-refractivity contribution in [1.29, 1.82) is 0 Å². The van der Waals surface area contributed by atoms with Gasteiger partial charge in [0.1, 0.15) is 5.52 Å². The highest BCUT2D eigenvalue weighted by Gasteiger charge is 2.06. The molecule has 0 amide bonds. The van der Waals surface area contributed by atoms with Crippen LogP contribution < -0.4 is 0 Å². The van der Waals surface area contributed by atoms with Crippen LogP contribution in [0.2, 0.25) is 0 Å². The first-order valence-corrected chi connectivity index (χ1v) is 4.92. The van der Waals surface area contributed by atoms with Crippen LogP contribution in [0.1, 0.15) is 5.56 Å². The monoisotopic (exact) mass is 211 g/mol. The van der Waals surface area contributed by atoms with E-state index < -0.39 is 0 Å². The fourth-order valence-corrected chi connectivity index (χ4v) is 1.52. The SMILES string of the molecule is Cc1cnc(-n2ncc3ncccc32)nc1. The quantitative estimate of drug-likeness (QED) is 0.612. The maximum Gasteiger partial charge on any atom is 0.251 e. The van der Waals surface area contributed by atoms with Crippen LogP contribution in [0.4, 0.5) is 0 Å². The maximum atomic E-state index is 4.23. The van der Waals surface area contributed by atoms with E-state index in [-0.39, 0.29) is 0 Å². The van der Waals surface area contributed by atoms with Gasteiger partial charge in [0.2, 0.25) is 0 Å². The molecule has 0 aliphatic carbocycles. The Morgan fingerprint density at radius 1 is 1.06 bits per heavy atom. The lowest BCUT2D eigenvalue weighted by molar-refractivity contribution is 0.829. The second-order valence-electron chi connectivity index (χ2n) is 3.52. The zero-order chi connectivity index (χ0) is 11.0. The second kappa shape index (κ2) is 3.37. The van der Waals surface area contributed by atoms with Crippen molar-refractivity contribution >= 4 is 11.0 Å². The molecule has 0 atom stereocenters. The van der Waals surface area contributed by atoms with Crippen molar-refractivity contribution < 1.29 is 0 Å². The molecule has 3 aromatic heterocycles. The average molecular weight is 211 g/mol. The van der Waals surface area contributed by atoms with Crippen LogP contribution in [0.3, 0.4) is 0 Å². The van der Waals surface area contributed by atoms with E-state index in [2.05, 4.69) is 20.1 Å². The van der Waals surface area contributed by atoms with Crippen molar-refractivity contribution in [2.75, 3.05) is 0 Å². The van der Waals surface area contributed by atoms with Gasteiger partial charge in [0.05, 0.1) is 11.7 Å². The van der Waals surface area contributed by atoms with Gasteiger partial charge in [-0.2, -0.15) is 9.78 Å². The number of nitrogens with zero attached hydrogens (tertiary/aromatic N) is 5. The lowest BCUT2D eigenvalue weighted by atomic mass is 10.4. The minimum Gasteiger partial charge on any atom is -0.253 e. The van der Waals surface area contributed by atoms with Crippen LogP contribution in [0.25, 0.3) is 17.0 Å². The molecule has 5 nitrogen and oxygen atoms in total. The summed E-state index contributed by atoms with van der Waals surface area (Å²) in [6.07, 6.45) is 6.99. The Hall–Kier alpha value is -2.30. The van der Waals surface area contributed by atoms with E-state index in [1.165, 1.54) is 0 Å². The summed E-state index contributed by atoms with van der Waals surface area (Å²) >= 11 is 0. The van der Waals surface area contributed by atoms with E-state index in [0.717, 1.165) is 16.6 Å². The summed E-state index contributed by atoms with van der Waals surface area (Å²) in [4.78, 5) is 12.7. The summed E-state index contributed by atoms with van der Waals surface area (Å²) in [5.74, 6) is 0.564. The summed E-state index contributed by atoms with van der Waals surface area (Å²) in [5, 5.41) is 4.22. The Bertz CT molecular complexity index is 626. The molecule has 3 heterocycles. The van der Waals surface area contributed by atoms with Gasteiger partial charge in [0, 0.05) is 18.6 Å². The zero-order valence-electron chi connectivity index (χ0n) is 8.70. The summed E-state index contributed by atoms with van der Waals surface area (Å²) in [5.41, 5.74) is 2.77. The molecule has 0 bridgehead atoms. The van der Waals surface area contributed by atoms with Crippen molar-refractivity contribution in [3.8, 4) is 5.95 Å². The Kier molecular flexibility index (Phi) is 1.89. The van der Waals surface area contributed by atoms with E-state index in [0.29, 0.717) is 5.95 Å². The lowest BCUT2D eigenvalue weighted by Gasteiger charge is -2.00. The van der Waals surface area contributed by atoms with Gasteiger partial charge in [-0.15, -0.1) is 0 Å². The Labute approximate surface area is 91.8 Å². The number of aromatic nitrogens is 5. The minimum absolute atomic E-state index is 0.564. The predicted molar refractivity (Wildman–Crippen MR) is 59.2 cm³/mol. The molecule has 78 valence electrons. The molecule has 3 rings (SSSR count). The summed E-state index contributed by atoms with van der Waals surface area (Å²) < 4.78 is 1.68. The number of pyridine rings is 1. The van der Waals surface area contributed by atoms with Crippen LogP contribution in [0, 0.1) is 6.92 Å². The largest absolute Gasteiger partial charge is 0.253 e. The molecule has 0 unspecified atom stereocenters. The fraction of sp³-hybridized carbons (Fsp3) is 0.0909. The predicted octanol–water partition coefficient (Wildman–Crippen LogP) is 1.52. The van der Waals surface area contributed by atoms with E-state index in [1.807, 2.05) is 19.1 Å². The van der Waals surface area contributed by atoms with Gasteiger partial charge in [-0.1, -0.05) is 0 Å². The fourth-order valence-electron chi connectivity index (χ4n) is 1.52. The van der Waals surface area contributed by atoms with E-state index in [1.54, 1.807) is 29.5 Å². The van der Waals surface area contributed by atoms with Crippen LogP contribution in [-0.2, 0) is 0 Å². The highest BCUT2D eigenvalue weighted by atomic mass is 15.3. The first-order chi connectivity index (χ1) is 7.84. The lowest BCUT2D eigenvalue weighted by Crippen LogP contribution is -2.02. The van der Waals surface area contributed by atoms with Crippen LogP contribution >= 0.6 is 0 Å². The van der Waals surface area contributed by atoms with E-state index >= 15 is 0 Å². The van der Waals surface area contributed by atoms with Gasteiger partial charge in [-0.05, 0) is 24.6 Å². The molecule has 16 heavy (non-hydrogen) atoms. The molecule has 0 aliphatic rings. The van der Waals surface area contributed by atoms with Gasteiger partial charge in [0.15, 0.2) is 0 Å². The zero-order valence-corrected chi connectivity index (χ0v) is 8.70. The van der Waals surface area contributed by atoms with Gasteiger partial charge in [0.25, 0.3) is 5.95 Å². The Balaban J connectivity index is 2.22. The highest BCUT2D eigenvalue weighted by Crippen LogP contribution is 2.12. The summed E-state index contributed by atoms with van der Waals surface area (Å²) in [6, 6.07) is 3.81. The van der Waals surface area contributed by atoms with Crippen molar-refractivity contribution in [3.63, 3.8) is 0 Å². The third-order valence-electron chi connectivity index (χ3n) is 2.30. The van der Waals surface area contributed by atoms with Crippen LogP contribution in [0.15, 0.2) is 36.9 Å². The highest BCUT2D eigenvalue weighted by molar-refractivity contribution is 5.74. The number of hydrogen-bond donors (Lipinski definition) is 0. The van der Waals surface area contributed by atoms with Gasteiger partial charge in [-0.3, -0.25) is 4.98 Å². The van der Waals surface area contributed by atoms with Crippen molar-refractivity contribution in [3.05, 3.63) is 42.5 Å². The van der Waals surface area contributed by atoms with Crippen molar-refractivity contribution in [2.45, 2.75) is 6.92 Å². The standard InChI is InChI=1S/C11H9N5/c1-8-5-13-11(14-6-8)16-10-3-2-4-12-9(10)7-15-16/h2-7H,1H3. The van der Waals surface area contributed by atoms with Crippen molar-refractivity contribution in [2.24, 2.45) is 0 Å². The van der Waals surface area contributed by atoms with E-state index in [9.17, 15) is 0 Å². The molecule has 0 spiro atoms. The van der Waals surface area contributed by atoms with Gasteiger partial charge >= 0.3 is 0 Å². The first kappa shape index (κ1) is 8.96. The molecule has 3 aromatic rings.